The van der Waals surface area contributed by atoms with Crippen LogP contribution in [0.3, 0.4) is 0 Å². The zero-order valence-electron chi connectivity index (χ0n) is 16.9. The molecular formula is C28H26O2. The quantitative estimate of drug-likeness (QED) is 0.299. The highest BCUT2D eigenvalue weighted by atomic mass is 16.7. The lowest BCUT2D eigenvalue weighted by molar-refractivity contribution is -0.164. The molecular weight excluding hydrogens is 368 g/mol. The Bertz CT molecular complexity index is 903. The second-order valence-electron chi connectivity index (χ2n) is 7.26. The maximum absolute atomic E-state index is 6.40. The third kappa shape index (κ3) is 5.44. The fourth-order valence-electron chi connectivity index (χ4n) is 3.57. The van der Waals surface area contributed by atoms with Crippen molar-refractivity contribution in [1.82, 2.24) is 0 Å². The first-order valence-electron chi connectivity index (χ1n) is 10.3. The number of hydrogen-bond donors (Lipinski definition) is 0. The molecule has 150 valence electrons. The molecule has 2 nitrogen and oxygen atoms in total. The summed E-state index contributed by atoms with van der Waals surface area (Å²) in [4.78, 5) is 0. The largest absolute Gasteiger partial charge is 0.347 e. The third-order valence-corrected chi connectivity index (χ3v) is 5.10. The number of hydrogen-bond acceptors (Lipinski definition) is 2. The second-order valence-corrected chi connectivity index (χ2v) is 7.26. The van der Waals surface area contributed by atoms with Crippen LogP contribution in [0, 0.1) is 0 Å². The van der Waals surface area contributed by atoms with Gasteiger partial charge in [0.05, 0.1) is 19.1 Å². The number of ether oxygens (including phenoxy) is 2. The highest BCUT2D eigenvalue weighted by Gasteiger charge is 2.27. The fraction of sp³-hybridized carbons (Fsp3) is 0.143. The summed E-state index contributed by atoms with van der Waals surface area (Å²) in [5.74, 6) is -0.0279. The van der Waals surface area contributed by atoms with Crippen LogP contribution in [-0.4, -0.2) is 6.29 Å². The Labute approximate surface area is 178 Å². The van der Waals surface area contributed by atoms with Gasteiger partial charge in [0, 0.05) is 0 Å². The molecule has 0 N–H and O–H groups in total. The van der Waals surface area contributed by atoms with Crippen LogP contribution in [0.1, 0.15) is 28.2 Å². The van der Waals surface area contributed by atoms with Crippen molar-refractivity contribution in [2.45, 2.75) is 25.4 Å². The molecule has 4 aromatic carbocycles. The monoisotopic (exact) mass is 394 g/mol. The Kier molecular flexibility index (Phi) is 7.06. The molecule has 0 fully saturated rings. The smallest absolute Gasteiger partial charge is 0.169 e. The summed E-state index contributed by atoms with van der Waals surface area (Å²) < 4.78 is 12.8. The molecule has 0 spiro atoms. The van der Waals surface area contributed by atoms with Crippen molar-refractivity contribution in [2.24, 2.45) is 0 Å². The minimum absolute atomic E-state index is 0.0279. The molecule has 4 rings (SSSR count). The molecule has 0 bridgehead atoms. The predicted octanol–water partition coefficient (Wildman–Crippen LogP) is 6.58. The molecule has 0 amide bonds. The van der Waals surface area contributed by atoms with E-state index in [1.807, 2.05) is 48.5 Å². The van der Waals surface area contributed by atoms with Crippen molar-refractivity contribution in [3.8, 4) is 0 Å². The van der Waals surface area contributed by atoms with E-state index in [0.717, 1.165) is 11.1 Å². The first-order chi connectivity index (χ1) is 14.9. The van der Waals surface area contributed by atoms with Crippen LogP contribution in [0.15, 0.2) is 121 Å². The van der Waals surface area contributed by atoms with Crippen LogP contribution >= 0.6 is 0 Å². The van der Waals surface area contributed by atoms with Gasteiger partial charge in [-0.15, -0.1) is 0 Å². The molecule has 0 unspecified atom stereocenters. The molecule has 2 heteroatoms. The SMILES string of the molecule is c1ccc(COC(OCc2ccccc2)C(c2ccccc2)c2ccccc2)cc1. The van der Waals surface area contributed by atoms with E-state index in [0.29, 0.717) is 13.2 Å². The van der Waals surface area contributed by atoms with E-state index >= 15 is 0 Å². The lowest BCUT2D eigenvalue weighted by atomic mass is 9.90. The van der Waals surface area contributed by atoms with Crippen molar-refractivity contribution in [3.05, 3.63) is 144 Å². The van der Waals surface area contributed by atoms with Gasteiger partial charge in [0.25, 0.3) is 0 Å². The van der Waals surface area contributed by atoms with Gasteiger partial charge < -0.3 is 9.47 Å². The van der Waals surface area contributed by atoms with Gasteiger partial charge >= 0.3 is 0 Å². The first kappa shape index (κ1) is 20.1. The molecule has 0 aromatic heterocycles. The van der Waals surface area contributed by atoms with E-state index in [1.165, 1.54) is 11.1 Å². The Balaban J connectivity index is 1.63. The molecule has 0 heterocycles. The summed E-state index contributed by atoms with van der Waals surface area (Å²) in [5, 5.41) is 0. The van der Waals surface area contributed by atoms with Crippen LogP contribution in [-0.2, 0) is 22.7 Å². The maximum atomic E-state index is 6.40. The molecule has 0 aliphatic heterocycles. The van der Waals surface area contributed by atoms with Crippen molar-refractivity contribution in [3.63, 3.8) is 0 Å². The molecule has 0 aliphatic carbocycles. The van der Waals surface area contributed by atoms with Crippen LogP contribution in [0.5, 0.6) is 0 Å². The zero-order valence-corrected chi connectivity index (χ0v) is 16.9. The van der Waals surface area contributed by atoms with Gasteiger partial charge in [0.1, 0.15) is 0 Å². The predicted molar refractivity (Wildman–Crippen MR) is 121 cm³/mol. The highest BCUT2D eigenvalue weighted by Crippen LogP contribution is 2.31. The first-order valence-corrected chi connectivity index (χ1v) is 10.3. The summed E-state index contributed by atoms with van der Waals surface area (Å²) >= 11 is 0. The van der Waals surface area contributed by atoms with E-state index in [2.05, 4.69) is 72.8 Å². The van der Waals surface area contributed by atoms with Crippen molar-refractivity contribution < 1.29 is 9.47 Å². The van der Waals surface area contributed by atoms with E-state index < -0.39 is 6.29 Å². The van der Waals surface area contributed by atoms with E-state index in [-0.39, 0.29) is 5.92 Å². The Morgan fingerprint density at radius 3 is 1.13 bits per heavy atom. The average molecular weight is 395 g/mol. The van der Waals surface area contributed by atoms with E-state index in [1.54, 1.807) is 0 Å². The minimum atomic E-state index is -0.421. The van der Waals surface area contributed by atoms with Gasteiger partial charge in [0.15, 0.2) is 6.29 Å². The van der Waals surface area contributed by atoms with Gasteiger partial charge in [-0.05, 0) is 22.3 Å². The van der Waals surface area contributed by atoms with Gasteiger partial charge in [-0.25, -0.2) is 0 Å². The highest BCUT2D eigenvalue weighted by molar-refractivity contribution is 5.33. The van der Waals surface area contributed by atoms with Gasteiger partial charge in [-0.3, -0.25) is 0 Å². The lowest BCUT2D eigenvalue weighted by Crippen LogP contribution is -2.26. The molecule has 0 atom stereocenters. The summed E-state index contributed by atoms with van der Waals surface area (Å²) in [5.41, 5.74) is 4.61. The summed E-state index contributed by atoms with van der Waals surface area (Å²) in [6.07, 6.45) is -0.421. The second kappa shape index (κ2) is 10.5. The maximum Gasteiger partial charge on any atom is 0.169 e. The molecule has 0 saturated carbocycles. The number of rotatable bonds is 9. The summed E-state index contributed by atoms with van der Waals surface area (Å²) in [6, 6.07) is 41.4. The molecule has 0 aliphatic rings. The Hall–Kier alpha value is -3.20. The van der Waals surface area contributed by atoms with Crippen LogP contribution in [0.2, 0.25) is 0 Å². The Morgan fingerprint density at radius 2 is 0.767 bits per heavy atom. The van der Waals surface area contributed by atoms with Gasteiger partial charge in [-0.2, -0.15) is 0 Å². The third-order valence-electron chi connectivity index (χ3n) is 5.10. The molecule has 0 radical (unpaired) electrons. The van der Waals surface area contributed by atoms with E-state index in [4.69, 9.17) is 9.47 Å². The van der Waals surface area contributed by atoms with Gasteiger partial charge in [0.2, 0.25) is 0 Å². The van der Waals surface area contributed by atoms with Crippen molar-refractivity contribution in [1.29, 1.82) is 0 Å². The minimum Gasteiger partial charge on any atom is -0.347 e. The molecule has 0 saturated heterocycles. The van der Waals surface area contributed by atoms with Crippen LogP contribution in [0.25, 0.3) is 0 Å². The van der Waals surface area contributed by atoms with Crippen molar-refractivity contribution >= 4 is 0 Å². The summed E-state index contributed by atoms with van der Waals surface area (Å²) in [6.45, 7) is 0.993. The average Bonchev–Trinajstić information content (AvgIpc) is 2.83. The lowest BCUT2D eigenvalue weighted by Gasteiger charge is -2.28. The summed E-state index contributed by atoms with van der Waals surface area (Å²) in [7, 11) is 0. The zero-order chi connectivity index (χ0) is 20.4. The van der Waals surface area contributed by atoms with Crippen LogP contribution in [0.4, 0.5) is 0 Å². The fourth-order valence-corrected chi connectivity index (χ4v) is 3.57. The van der Waals surface area contributed by atoms with Crippen molar-refractivity contribution in [2.75, 3.05) is 0 Å². The number of benzene rings is 4. The molecule has 4 aromatic rings. The van der Waals surface area contributed by atoms with E-state index in [9.17, 15) is 0 Å². The Morgan fingerprint density at radius 1 is 0.433 bits per heavy atom. The normalized spacial score (nSPS) is 11.1. The van der Waals surface area contributed by atoms with Crippen LogP contribution < -0.4 is 0 Å². The topological polar surface area (TPSA) is 18.5 Å². The van der Waals surface area contributed by atoms with Gasteiger partial charge in [-0.1, -0.05) is 121 Å². The standard InChI is InChI=1S/C28H26O2/c1-5-13-23(14-6-1)21-29-28(30-22-24-15-7-2-8-16-24)27(25-17-9-3-10-18-25)26-19-11-4-12-20-26/h1-20,27-28H,21-22H2. The molecule has 30 heavy (non-hydrogen) atoms.